The fraction of sp³-hybridized carbons (Fsp3) is 0.467. The van der Waals surface area contributed by atoms with Crippen LogP contribution < -0.4 is 11.2 Å². The molecule has 0 bridgehead atoms. The number of hydroxylamine groups is 1. The van der Waals surface area contributed by atoms with E-state index >= 15 is 0 Å². The highest BCUT2D eigenvalue weighted by Crippen LogP contribution is 2.25. The zero-order valence-corrected chi connectivity index (χ0v) is 17.4. The molecule has 152 valence electrons. The maximum absolute atomic E-state index is 12.0. The number of nitrogens with two attached hydrogens (primary N) is 1. The third-order valence-electron chi connectivity index (χ3n) is 3.36. The number of carbonyl (C=O) groups excluding carboxylic acids is 1. The van der Waals surface area contributed by atoms with Crippen molar-refractivity contribution in [1.29, 1.82) is 0 Å². The molecule has 12 heteroatoms. The van der Waals surface area contributed by atoms with Crippen molar-refractivity contribution in [2.24, 2.45) is 10.7 Å². The van der Waals surface area contributed by atoms with Crippen LogP contribution in [0.25, 0.3) is 0 Å². The number of guanidine groups is 1. The van der Waals surface area contributed by atoms with Crippen molar-refractivity contribution in [2.45, 2.75) is 31.2 Å². The summed E-state index contributed by atoms with van der Waals surface area (Å²) in [6.07, 6.45) is 1.92. The Morgan fingerprint density at radius 3 is 2.33 bits per heavy atom. The van der Waals surface area contributed by atoms with E-state index in [4.69, 9.17) is 5.73 Å². The minimum absolute atomic E-state index is 0.0217. The first-order valence-electron chi connectivity index (χ1n) is 7.77. The predicted molar refractivity (Wildman–Crippen MR) is 101 cm³/mol. The van der Waals surface area contributed by atoms with Gasteiger partial charge in [0, 0.05) is 19.8 Å². The highest BCUT2D eigenvalue weighted by atomic mass is 32.2. The summed E-state index contributed by atoms with van der Waals surface area (Å²) in [7, 11) is -5.80. The highest BCUT2D eigenvalue weighted by molar-refractivity contribution is 7.90. The summed E-state index contributed by atoms with van der Waals surface area (Å²) in [6, 6.07) is 4.19. The first kappa shape index (κ1) is 22.9. The van der Waals surface area contributed by atoms with E-state index in [1.165, 1.54) is 18.0 Å². The second-order valence-electron chi connectivity index (χ2n) is 6.32. The molecule has 3 N–H and O–H groups in total. The Labute approximate surface area is 159 Å². The summed E-state index contributed by atoms with van der Waals surface area (Å²) in [5, 5.41) is 0. The van der Waals surface area contributed by atoms with Crippen molar-refractivity contribution in [2.75, 3.05) is 19.6 Å². The number of nitrogens with one attached hydrogen (secondary N) is 1. The maximum atomic E-state index is 12.0. The van der Waals surface area contributed by atoms with Crippen molar-refractivity contribution in [1.82, 2.24) is 10.4 Å². The van der Waals surface area contributed by atoms with Gasteiger partial charge in [-0.05, 0) is 23.1 Å². The minimum atomic E-state index is -3.81. The normalized spacial score (nSPS) is 12.9. The van der Waals surface area contributed by atoms with Crippen LogP contribution in [0.15, 0.2) is 28.1 Å². The first-order chi connectivity index (χ1) is 12.2. The van der Waals surface area contributed by atoms with Crippen LogP contribution in [0.4, 0.5) is 4.79 Å². The molecular formula is C15H24N4O6S2. The van der Waals surface area contributed by atoms with Gasteiger partial charge in [-0.15, -0.1) is 4.28 Å². The molecule has 0 fully saturated rings. The van der Waals surface area contributed by atoms with Gasteiger partial charge in [-0.2, -0.15) is 13.4 Å². The van der Waals surface area contributed by atoms with Crippen LogP contribution in [0.2, 0.25) is 0 Å². The number of nitrogens with zero attached hydrogens (tertiary/aromatic N) is 2. The Morgan fingerprint density at radius 1 is 1.26 bits per heavy atom. The van der Waals surface area contributed by atoms with Gasteiger partial charge in [0.05, 0.1) is 11.2 Å². The Hall–Kier alpha value is -2.18. The van der Waals surface area contributed by atoms with Gasteiger partial charge in [0.15, 0.2) is 9.84 Å². The van der Waals surface area contributed by atoms with Crippen LogP contribution in [0.5, 0.6) is 0 Å². The van der Waals surface area contributed by atoms with Crippen LogP contribution in [-0.2, 0) is 30.8 Å². The molecule has 1 rings (SSSR count). The SMILES string of the molecule is CC(C)c1ccc(CN(C)C(=O)N=C(N)NOS(C)(=O)=O)cc1S(C)(=O)=O. The Balaban J connectivity index is 2.96. The molecule has 27 heavy (non-hydrogen) atoms. The third-order valence-corrected chi connectivity index (χ3v) is 4.90. The van der Waals surface area contributed by atoms with Crippen molar-refractivity contribution in [3.05, 3.63) is 29.3 Å². The summed E-state index contributed by atoms with van der Waals surface area (Å²) >= 11 is 0. The lowest BCUT2D eigenvalue weighted by molar-refractivity contribution is 0.215. The Bertz CT molecular complexity index is 939. The van der Waals surface area contributed by atoms with Crippen molar-refractivity contribution >= 4 is 31.9 Å². The average molecular weight is 421 g/mol. The van der Waals surface area contributed by atoms with E-state index < -0.39 is 31.9 Å². The quantitative estimate of drug-likeness (QED) is 0.385. The number of sulfone groups is 1. The largest absolute Gasteiger partial charge is 0.368 e. The van der Waals surface area contributed by atoms with E-state index in [-0.39, 0.29) is 17.4 Å². The molecule has 10 nitrogen and oxygen atoms in total. The summed E-state index contributed by atoms with van der Waals surface area (Å²) in [6.45, 7) is 3.86. The van der Waals surface area contributed by atoms with Gasteiger partial charge in [0.1, 0.15) is 0 Å². The van der Waals surface area contributed by atoms with Crippen molar-refractivity contribution < 1.29 is 25.9 Å². The monoisotopic (exact) mass is 420 g/mol. The minimum Gasteiger partial charge on any atom is -0.368 e. The Kier molecular flexibility index (Phi) is 7.34. The maximum Gasteiger partial charge on any atom is 0.346 e. The average Bonchev–Trinajstić information content (AvgIpc) is 2.51. The van der Waals surface area contributed by atoms with E-state index in [1.807, 2.05) is 19.3 Å². The summed E-state index contributed by atoms with van der Waals surface area (Å²) < 4.78 is 50.0. The molecule has 0 aliphatic carbocycles. The Morgan fingerprint density at radius 2 is 1.85 bits per heavy atom. The van der Waals surface area contributed by atoms with Crippen LogP contribution in [-0.4, -0.2) is 53.3 Å². The van der Waals surface area contributed by atoms with E-state index in [2.05, 4.69) is 9.28 Å². The first-order valence-corrected chi connectivity index (χ1v) is 11.5. The molecule has 0 aliphatic heterocycles. The molecule has 0 heterocycles. The number of rotatable bonds is 6. The van der Waals surface area contributed by atoms with Crippen molar-refractivity contribution in [3.63, 3.8) is 0 Å². The number of hydrogen-bond acceptors (Lipinski definition) is 6. The van der Waals surface area contributed by atoms with Gasteiger partial charge in [-0.25, -0.2) is 18.7 Å². The van der Waals surface area contributed by atoms with Gasteiger partial charge < -0.3 is 10.6 Å². The third kappa shape index (κ3) is 7.53. The predicted octanol–water partition coefficient (Wildman–Crippen LogP) is 0.561. The topological polar surface area (TPSA) is 148 Å². The zero-order chi connectivity index (χ0) is 21.0. The molecule has 0 aliphatic rings. The number of amides is 2. The number of benzene rings is 1. The number of hydrogen-bond donors (Lipinski definition) is 2. The lowest BCUT2D eigenvalue weighted by atomic mass is 10.0. The molecule has 0 radical (unpaired) electrons. The van der Waals surface area contributed by atoms with Gasteiger partial charge in [-0.1, -0.05) is 26.0 Å². The molecule has 1 aromatic carbocycles. The fourth-order valence-electron chi connectivity index (χ4n) is 2.15. The van der Waals surface area contributed by atoms with Gasteiger partial charge in [-0.3, -0.25) is 0 Å². The molecule has 0 saturated carbocycles. The lowest BCUT2D eigenvalue weighted by Crippen LogP contribution is -2.36. The smallest absolute Gasteiger partial charge is 0.346 e. The molecule has 0 atom stereocenters. The zero-order valence-electron chi connectivity index (χ0n) is 15.8. The molecule has 1 aromatic rings. The molecule has 0 spiro atoms. The van der Waals surface area contributed by atoms with Gasteiger partial charge >= 0.3 is 6.03 Å². The summed E-state index contributed by atoms with van der Waals surface area (Å²) in [5.74, 6) is -0.516. The summed E-state index contributed by atoms with van der Waals surface area (Å²) in [4.78, 5) is 16.9. The number of urea groups is 1. The second-order valence-corrected chi connectivity index (χ2v) is 9.88. The van der Waals surface area contributed by atoms with E-state index in [0.717, 1.165) is 12.5 Å². The number of aliphatic imine (C=N–C) groups is 1. The number of carbonyl (C=O) groups is 1. The van der Waals surface area contributed by atoms with E-state index in [9.17, 15) is 21.6 Å². The standard InChI is InChI=1S/C15H24N4O6S2/c1-10(2)12-7-6-11(8-13(12)26(4,21)22)9-19(3)15(20)17-14(16)18-25-27(5,23)24/h6-8,10H,9H2,1-5H3,(H3,16,17,18,20). The van der Waals surface area contributed by atoms with Crippen LogP contribution >= 0.6 is 0 Å². The second kappa shape index (κ2) is 8.67. The summed E-state index contributed by atoms with van der Waals surface area (Å²) in [5.41, 5.74) is 8.49. The van der Waals surface area contributed by atoms with E-state index in [0.29, 0.717) is 11.1 Å². The van der Waals surface area contributed by atoms with E-state index in [1.54, 1.807) is 12.1 Å². The van der Waals surface area contributed by atoms with Gasteiger partial charge in [0.25, 0.3) is 10.1 Å². The fourth-order valence-corrected chi connectivity index (χ4v) is 3.48. The molecule has 0 unspecified atom stereocenters. The lowest BCUT2D eigenvalue weighted by Gasteiger charge is -2.17. The van der Waals surface area contributed by atoms with Gasteiger partial charge in [0.2, 0.25) is 5.96 Å². The molecule has 2 amide bonds. The van der Waals surface area contributed by atoms with Crippen LogP contribution in [0, 0.1) is 0 Å². The molecule has 0 aromatic heterocycles. The molecule has 0 saturated heterocycles. The highest BCUT2D eigenvalue weighted by Gasteiger charge is 2.18. The van der Waals surface area contributed by atoms with Crippen molar-refractivity contribution in [3.8, 4) is 0 Å². The van der Waals surface area contributed by atoms with Crippen LogP contribution in [0.3, 0.4) is 0 Å². The molecular weight excluding hydrogens is 396 g/mol. The van der Waals surface area contributed by atoms with Crippen LogP contribution in [0.1, 0.15) is 30.9 Å².